The van der Waals surface area contributed by atoms with Gasteiger partial charge in [-0.1, -0.05) is 0 Å². The monoisotopic (exact) mass is 506 g/mol. The second kappa shape index (κ2) is 10.5. The maximum absolute atomic E-state index is 13.2. The molecule has 9 nitrogen and oxygen atoms in total. The van der Waals surface area contributed by atoms with E-state index in [1.807, 2.05) is 0 Å². The van der Waals surface area contributed by atoms with Crippen LogP contribution in [0.5, 0.6) is 40.2 Å². The zero-order chi connectivity index (χ0) is 26.7. The van der Waals surface area contributed by atoms with Gasteiger partial charge in [-0.15, -0.1) is 0 Å². The summed E-state index contributed by atoms with van der Waals surface area (Å²) in [6, 6.07) is 11.3. The van der Waals surface area contributed by atoms with Crippen LogP contribution in [0.25, 0.3) is 6.08 Å². The normalized spacial score (nSPS) is 13.0. The molecule has 0 radical (unpaired) electrons. The van der Waals surface area contributed by atoms with Crippen LogP contribution in [-0.4, -0.2) is 47.3 Å². The van der Waals surface area contributed by atoms with Crippen LogP contribution in [0, 0.1) is 6.92 Å². The van der Waals surface area contributed by atoms with E-state index in [4.69, 9.17) is 33.2 Å². The van der Waals surface area contributed by atoms with Crippen LogP contribution in [0.2, 0.25) is 0 Å². The first-order chi connectivity index (χ1) is 17.8. The topological polar surface area (TPSA) is 98.8 Å². The zero-order valence-electron chi connectivity index (χ0n) is 21.3. The molecule has 37 heavy (non-hydrogen) atoms. The molecule has 1 heterocycles. The number of benzene rings is 3. The second-order valence-corrected chi connectivity index (χ2v) is 7.97. The second-order valence-electron chi connectivity index (χ2n) is 7.97. The Hall–Kier alpha value is -4.66. The van der Waals surface area contributed by atoms with E-state index >= 15 is 0 Å². The highest BCUT2D eigenvalue weighted by Gasteiger charge is 2.31. The molecule has 4 rings (SSSR count). The number of hydrogen-bond donors (Lipinski definition) is 0. The van der Waals surface area contributed by atoms with Crippen LogP contribution in [-0.2, 0) is 0 Å². The molecule has 0 saturated carbocycles. The Kier molecular flexibility index (Phi) is 7.24. The molecule has 0 saturated heterocycles. The third-order valence-electron chi connectivity index (χ3n) is 5.76. The Morgan fingerprint density at radius 2 is 1.46 bits per heavy atom. The average Bonchev–Trinajstić information content (AvgIpc) is 3.22. The van der Waals surface area contributed by atoms with Crippen molar-refractivity contribution in [2.75, 3.05) is 35.5 Å². The molecule has 3 aromatic carbocycles. The number of rotatable bonds is 8. The minimum atomic E-state index is -0.619. The summed E-state index contributed by atoms with van der Waals surface area (Å²) in [6.07, 6.45) is 1.57. The predicted molar refractivity (Wildman–Crippen MR) is 135 cm³/mol. The summed E-state index contributed by atoms with van der Waals surface area (Å²) >= 11 is 0. The van der Waals surface area contributed by atoms with Crippen molar-refractivity contribution in [2.45, 2.75) is 6.92 Å². The van der Waals surface area contributed by atoms with E-state index < -0.39 is 5.97 Å². The molecular formula is C28H26O9. The van der Waals surface area contributed by atoms with Gasteiger partial charge in [-0.2, -0.15) is 0 Å². The van der Waals surface area contributed by atoms with Crippen LogP contribution in [0.1, 0.15) is 31.8 Å². The van der Waals surface area contributed by atoms with Crippen LogP contribution >= 0.6 is 0 Å². The van der Waals surface area contributed by atoms with Crippen molar-refractivity contribution in [3.63, 3.8) is 0 Å². The minimum absolute atomic E-state index is 0.0876. The number of ketones is 1. The van der Waals surface area contributed by atoms with Crippen molar-refractivity contribution >= 4 is 17.8 Å². The van der Waals surface area contributed by atoms with Crippen molar-refractivity contribution in [1.29, 1.82) is 0 Å². The van der Waals surface area contributed by atoms with Gasteiger partial charge in [-0.05, 0) is 48.9 Å². The quantitative estimate of drug-likeness (QED) is 0.241. The zero-order valence-corrected chi connectivity index (χ0v) is 21.3. The molecule has 0 amide bonds. The Labute approximate surface area is 214 Å². The van der Waals surface area contributed by atoms with Gasteiger partial charge < -0.3 is 33.2 Å². The van der Waals surface area contributed by atoms with Crippen molar-refractivity contribution in [1.82, 2.24) is 0 Å². The Bertz CT molecular complexity index is 1380. The number of aryl methyl sites for hydroxylation is 1. The molecular weight excluding hydrogens is 480 g/mol. The van der Waals surface area contributed by atoms with E-state index in [1.54, 1.807) is 49.4 Å². The molecule has 1 aliphatic rings. The van der Waals surface area contributed by atoms with Gasteiger partial charge in [0.25, 0.3) is 0 Å². The predicted octanol–water partition coefficient (Wildman–Crippen LogP) is 4.87. The van der Waals surface area contributed by atoms with E-state index in [0.717, 1.165) is 0 Å². The van der Waals surface area contributed by atoms with Crippen LogP contribution in [0.15, 0.2) is 48.2 Å². The summed E-state index contributed by atoms with van der Waals surface area (Å²) in [5.41, 5.74) is 1.78. The highest BCUT2D eigenvalue weighted by molar-refractivity contribution is 6.15. The molecule has 9 heteroatoms. The third-order valence-corrected chi connectivity index (χ3v) is 5.76. The summed E-state index contributed by atoms with van der Waals surface area (Å²) in [5.74, 6) is 1.83. The number of Topliss-reactive ketones (excluding diaryl/α,β-unsaturated/α-hetero) is 1. The van der Waals surface area contributed by atoms with Crippen molar-refractivity contribution in [2.24, 2.45) is 0 Å². The van der Waals surface area contributed by atoms with Crippen LogP contribution in [0.4, 0.5) is 0 Å². The lowest BCUT2D eigenvalue weighted by Crippen LogP contribution is -2.09. The summed E-state index contributed by atoms with van der Waals surface area (Å²) in [7, 11) is 7.50. The van der Waals surface area contributed by atoms with Gasteiger partial charge in [0.15, 0.2) is 17.3 Å². The number of esters is 1. The smallest absolute Gasteiger partial charge is 0.343 e. The lowest BCUT2D eigenvalue weighted by molar-refractivity contribution is 0.0733. The van der Waals surface area contributed by atoms with Crippen LogP contribution in [0.3, 0.4) is 0 Å². The largest absolute Gasteiger partial charge is 0.497 e. The van der Waals surface area contributed by atoms with Crippen molar-refractivity contribution < 1.29 is 42.7 Å². The standard InChI is InChI=1S/C28H26O9/c1-15-9-20(36-28(30)17-10-18(31-2)13-19(11-17)32-3)14-22-24(15)25(29)23(37-22)12-16-7-8-21(33-4)27(35-6)26(16)34-5/h7-14H,1-6H3/b23-12-. The third kappa shape index (κ3) is 4.88. The molecule has 0 N–H and O–H groups in total. The fraction of sp³-hybridized carbons (Fsp3) is 0.214. The number of hydrogen-bond acceptors (Lipinski definition) is 9. The molecule has 0 fully saturated rings. The maximum Gasteiger partial charge on any atom is 0.343 e. The van der Waals surface area contributed by atoms with Gasteiger partial charge in [0.1, 0.15) is 23.0 Å². The first-order valence-corrected chi connectivity index (χ1v) is 11.2. The summed E-state index contributed by atoms with van der Waals surface area (Å²) in [6.45, 7) is 1.74. The Morgan fingerprint density at radius 3 is 2.05 bits per heavy atom. The van der Waals surface area contributed by atoms with Crippen LogP contribution < -0.4 is 33.2 Å². The lowest BCUT2D eigenvalue weighted by Gasteiger charge is -2.14. The molecule has 192 valence electrons. The number of allylic oxidation sites excluding steroid dienone is 1. The van der Waals surface area contributed by atoms with Crippen molar-refractivity contribution in [3.05, 3.63) is 70.5 Å². The Morgan fingerprint density at radius 1 is 0.784 bits per heavy atom. The van der Waals surface area contributed by atoms with Gasteiger partial charge in [0, 0.05) is 17.7 Å². The van der Waals surface area contributed by atoms with Gasteiger partial charge in [0.2, 0.25) is 11.5 Å². The number of carbonyl (C=O) groups excluding carboxylic acids is 2. The molecule has 0 aromatic heterocycles. The molecule has 0 atom stereocenters. The summed E-state index contributed by atoms with van der Waals surface area (Å²) < 4.78 is 38.1. The highest BCUT2D eigenvalue weighted by Crippen LogP contribution is 2.43. The molecule has 3 aromatic rings. The van der Waals surface area contributed by atoms with E-state index in [-0.39, 0.29) is 28.6 Å². The SMILES string of the molecule is COc1cc(OC)cc(C(=O)Oc2cc(C)c3c(c2)O/C(=C\c2ccc(OC)c(OC)c2OC)C3=O)c1. The van der Waals surface area contributed by atoms with E-state index in [1.165, 1.54) is 41.6 Å². The first-order valence-electron chi connectivity index (χ1n) is 11.2. The average molecular weight is 507 g/mol. The van der Waals surface area contributed by atoms with E-state index in [0.29, 0.717) is 45.4 Å². The van der Waals surface area contributed by atoms with Crippen molar-refractivity contribution in [3.8, 4) is 40.2 Å². The molecule has 1 aliphatic heterocycles. The number of fused-ring (bicyclic) bond motifs is 1. The molecule has 0 aliphatic carbocycles. The summed E-state index contributed by atoms with van der Waals surface area (Å²) in [5, 5.41) is 0. The van der Waals surface area contributed by atoms with Gasteiger partial charge in [-0.3, -0.25) is 4.79 Å². The fourth-order valence-electron chi connectivity index (χ4n) is 4.01. The van der Waals surface area contributed by atoms with Gasteiger partial charge in [0.05, 0.1) is 46.7 Å². The minimum Gasteiger partial charge on any atom is -0.497 e. The lowest BCUT2D eigenvalue weighted by atomic mass is 10.0. The number of ether oxygens (including phenoxy) is 7. The highest BCUT2D eigenvalue weighted by atomic mass is 16.5. The van der Waals surface area contributed by atoms with E-state index in [2.05, 4.69) is 0 Å². The fourth-order valence-corrected chi connectivity index (χ4v) is 4.01. The van der Waals surface area contributed by atoms with Gasteiger partial charge >= 0.3 is 5.97 Å². The number of methoxy groups -OCH3 is 5. The van der Waals surface area contributed by atoms with E-state index in [9.17, 15) is 9.59 Å². The summed E-state index contributed by atoms with van der Waals surface area (Å²) in [4.78, 5) is 26.0. The molecule has 0 bridgehead atoms. The maximum atomic E-state index is 13.2. The number of carbonyl (C=O) groups is 2. The molecule has 0 spiro atoms. The molecule has 0 unspecified atom stereocenters. The Balaban J connectivity index is 1.64. The van der Waals surface area contributed by atoms with Gasteiger partial charge in [-0.25, -0.2) is 4.79 Å². The first kappa shape index (κ1) is 25.4.